The minimum absolute atomic E-state index is 0.148. The van der Waals surface area contributed by atoms with Gasteiger partial charge in [-0.3, -0.25) is 19.1 Å². The molecule has 1 aliphatic heterocycles. The summed E-state index contributed by atoms with van der Waals surface area (Å²) in [6.45, 7) is 1.15. The summed E-state index contributed by atoms with van der Waals surface area (Å²) < 4.78 is 11.5. The van der Waals surface area contributed by atoms with Crippen molar-refractivity contribution in [3.8, 4) is 0 Å². The molecule has 1 saturated heterocycles. The Hall–Kier alpha value is -1.97. The Morgan fingerprint density at radius 3 is 3.00 bits per heavy atom. The van der Waals surface area contributed by atoms with E-state index in [0.717, 1.165) is 0 Å². The number of aliphatic hydroxyl groups excluding tert-OH is 1. The Morgan fingerprint density at radius 1 is 1.62 bits per heavy atom. The van der Waals surface area contributed by atoms with Crippen molar-refractivity contribution < 1.29 is 19.4 Å². The lowest BCUT2D eigenvalue weighted by Gasteiger charge is -2.16. The molecule has 1 aromatic rings. The van der Waals surface area contributed by atoms with Crippen LogP contribution < -0.4 is 17.0 Å². The number of nitrogens with two attached hydrogens (primary N) is 1. The fourth-order valence-corrected chi connectivity index (χ4v) is 2.07. The summed E-state index contributed by atoms with van der Waals surface area (Å²) in [6, 6.07) is 0. The van der Waals surface area contributed by atoms with Gasteiger partial charge in [0.15, 0.2) is 0 Å². The number of ether oxygens (including phenoxy) is 2. The zero-order chi connectivity index (χ0) is 15.6. The third kappa shape index (κ3) is 3.38. The Morgan fingerprint density at radius 2 is 2.33 bits per heavy atom. The molecular formula is C12H17N3O6. The van der Waals surface area contributed by atoms with Crippen molar-refractivity contribution in [3.05, 3.63) is 32.6 Å². The lowest BCUT2D eigenvalue weighted by molar-refractivity contribution is -0.148. The van der Waals surface area contributed by atoms with Crippen molar-refractivity contribution in [1.82, 2.24) is 9.55 Å². The number of hydrogen-bond donors (Lipinski definition) is 3. The van der Waals surface area contributed by atoms with E-state index < -0.39 is 35.7 Å². The van der Waals surface area contributed by atoms with Crippen molar-refractivity contribution in [3.63, 3.8) is 0 Å². The number of carbonyl (C=O) groups excluding carboxylic acids is 1. The molecule has 0 amide bonds. The molecule has 9 nitrogen and oxygen atoms in total. The predicted octanol–water partition coefficient (Wildman–Crippen LogP) is -2.00. The van der Waals surface area contributed by atoms with Crippen molar-refractivity contribution >= 4 is 5.97 Å². The van der Waals surface area contributed by atoms with Crippen LogP contribution in [0.25, 0.3) is 0 Å². The Kier molecular flexibility index (Phi) is 4.56. The zero-order valence-electron chi connectivity index (χ0n) is 11.4. The summed E-state index contributed by atoms with van der Waals surface area (Å²) in [6.07, 6.45) is -0.850. The number of aliphatic hydroxyl groups is 1. The lowest BCUT2D eigenvalue weighted by Crippen LogP contribution is -2.33. The number of carbonyl (C=O) groups is 1. The third-order valence-corrected chi connectivity index (χ3v) is 3.24. The molecule has 0 aromatic carbocycles. The molecule has 0 bridgehead atoms. The Labute approximate surface area is 119 Å². The molecule has 4 N–H and O–H groups in total. The van der Waals surface area contributed by atoms with E-state index in [1.54, 1.807) is 6.92 Å². The molecule has 9 heteroatoms. The monoisotopic (exact) mass is 299 g/mol. The van der Waals surface area contributed by atoms with E-state index in [1.807, 2.05) is 0 Å². The Balaban J connectivity index is 2.10. The number of nitrogens with one attached hydrogen (secondary N) is 1. The number of hydrogen-bond acceptors (Lipinski definition) is 7. The van der Waals surface area contributed by atoms with Gasteiger partial charge in [0.05, 0.1) is 12.6 Å². The van der Waals surface area contributed by atoms with Gasteiger partial charge in [0.1, 0.15) is 18.9 Å². The van der Waals surface area contributed by atoms with Gasteiger partial charge in [-0.25, -0.2) is 4.79 Å². The quantitative estimate of drug-likeness (QED) is 0.546. The largest absolute Gasteiger partial charge is 0.462 e. The van der Waals surface area contributed by atoms with Gasteiger partial charge in [-0.05, 0) is 6.92 Å². The normalized spacial score (nSPS) is 25.0. The van der Waals surface area contributed by atoms with Crippen molar-refractivity contribution in [2.45, 2.75) is 31.8 Å². The van der Waals surface area contributed by atoms with E-state index in [1.165, 1.54) is 10.8 Å². The first-order chi connectivity index (χ1) is 9.92. The number of nitrogens with zero attached hydrogens (tertiary/aromatic N) is 1. The van der Waals surface area contributed by atoms with Gasteiger partial charge < -0.3 is 20.3 Å². The van der Waals surface area contributed by atoms with Crippen LogP contribution in [-0.4, -0.2) is 46.0 Å². The van der Waals surface area contributed by atoms with E-state index >= 15 is 0 Å². The average Bonchev–Trinajstić information content (AvgIpc) is 2.81. The fraction of sp³-hybridized carbons (Fsp3) is 0.583. The van der Waals surface area contributed by atoms with Crippen LogP contribution in [-0.2, 0) is 14.3 Å². The number of rotatable bonds is 4. The third-order valence-electron chi connectivity index (χ3n) is 3.24. The molecule has 1 aliphatic rings. The molecule has 116 valence electrons. The van der Waals surface area contributed by atoms with Gasteiger partial charge in [-0.1, -0.05) is 0 Å². The highest BCUT2D eigenvalue weighted by atomic mass is 16.6. The smallest absolute Gasteiger partial charge is 0.330 e. The SMILES string of the molecule is Cc1cn([C@H]2CC(O)[C@@H](COC(=O)CN)O2)c(=O)[nH]c1=O. The summed E-state index contributed by atoms with van der Waals surface area (Å²) in [5, 5.41) is 9.89. The molecule has 0 radical (unpaired) electrons. The van der Waals surface area contributed by atoms with Gasteiger partial charge in [0, 0.05) is 18.2 Å². The second kappa shape index (κ2) is 6.20. The maximum Gasteiger partial charge on any atom is 0.330 e. The van der Waals surface area contributed by atoms with Crippen molar-refractivity contribution in [1.29, 1.82) is 0 Å². The van der Waals surface area contributed by atoms with Gasteiger partial charge in [0.25, 0.3) is 5.56 Å². The van der Waals surface area contributed by atoms with E-state index in [-0.39, 0.29) is 19.6 Å². The van der Waals surface area contributed by atoms with Crippen LogP contribution in [0, 0.1) is 6.92 Å². The van der Waals surface area contributed by atoms with Crippen molar-refractivity contribution in [2.24, 2.45) is 5.73 Å². The first-order valence-electron chi connectivity index (χ1n) is 6.43. The predicted molar refractivity (Wildman–Crippen MR) is 70.6 cm³/mol. The molecule has 2 heterocycles. The second-order valence-electron chi connectivity index (χ2n) is 4.80. The Bertz CT molecular complexity index is 637. The summed E-state index contributed by atoms with van der Waals surface area (Å²) in [4.78, 5) is 36.2. The second-order valence-corrected chi connectivity index (χ2v) is 4.80. The number of aromatic nitrogens is 2. The molecule has 21 heavy (non-hydrogen) atoms. The van der Waals surface area contributed by atoms with Gasteiger partial charge in [0.2, 0.25) is 0 Å². The first-order valence-corrected chi connectivity index (χ1v) is 6.43. The van der Waals surface area contributed by atoms with Crippen LogP contribution >= 0.6 is 0 Å². The number of aromatic amines is 1. The highest BCUT2D eigenvalue weighted by Gasteiger charge is 2.36. The first kappa shape index (κ1) is 15.4. The van der Waals surface area contributed by atoms with Gasteiger partial charge >= 0.3 is 11.7 Å². The summed E-state index contributed by atoms with van der Waals surface area (Å²) in [5.41, 5.74) is 4.36. The molecule has 1 fully saturated rings. The van der Waals surface area contributed by atoms with Gasteiger partial charge in [-0.2, -0.15) is 0 Å². The number of aryl methyl sites for hydroxylation is 1. The maximum atomic E-state index is 11.7. The minimum atomic E-state index is -0.889. The molecule has 2 rings (SSSR count). The van der Waals surface area contributed by atoms with E-state index in [2.05, 4.69) is 4.98 Å². The van der Waals surface area contributed by atoms with Crippen LogP contribution in [0.4, 0.5) is 0 Å². The fourth-order valence-electron chi connectivity index (χ4n) is 2.07. The highest BCUT2D eigenvalue weighted by Crippen LogP contribution is 2.27. The van der Waals surface area contributed by atoms with Crippen LogP contribution in [0.15, 0.2) is 15.8 Å². The summed E-state index contributed by atoms with van der Waals surface area (Å²) >= 11 is 0. The van der Waals surface area contributed by atoms with Crippen molar-refractivity contribution in [2.75, 3.05) is 13.2 Å². The molecule has 3 atom stereocenters. The van der Waals surface area contributed by atoms with E-state index in [9.17, 15) is 19.5 Å². The van der Waals surface area contributed by atoms with Crippen LogP contribution in [0.2, 0.25) is 0 Å². The highest BCUT2D eigenvalue weighted by molar-refractivity contribution is 5.71. The molecule has 0 spiro atoms. The minimum Gasteiger partial charge on any atom is -0.462 e. The van der Waals surface area contributed by atoms with Crippen LogP contribution in [0.1, 0.15) is 18.2 Å². The standard InChI is InChI=1S/C12H17N3O6/c1-6-4-15(12(19)14-11(6)18)9-2-7(16)8(21-9)5-20-10(17)3-13/h4,7-9,16H,2-3,5,13H2,1H3,(H,14,18,19)/t7?,8-,9-/m1/s1. The average molecular weight is 299 g/mol. The van der Waals surface area contributed by atoms with Crippen LogP contribution in [0.3, 0.4) is 0 Å². The molecule has 0 saturated carbocycles. The number of esters is 1. The lowest BCUT2D eigenvalue weighted by atomic mass is 10.2. The maximum absolute atomic E-state index is 11.7. The summed E-state index contributed by atoms with van der Waals surface area (Å²) in [7, 11) is 0. The zero-order valence-corrected chi connectivity index (χ0v) is 11.4. The molecule has 1 unspecified atom stereocenters. The topological polar surface area (TPSA) is 137 Å². The van der Waals surface area contributed by atoms with E-state index in [4.69, 9.17) is 15.2 Å². The van der Waals surface area contributed by atoms with E-state index in [0.29, 0.717) is 5.56 Å². The molecule has 1 aromatic heterocycles. The van der Waals surface area contributed by atoms with Gasteiger partial charge in [-0.15, -0.1) is 0 Å². The molecular weight excluding hydrogens is 282 g/mol. The summed E-state index contributed by atoms with van der Waals surface area (Å²) in [5.74, 6) is -0.605. The molecule has 0 aliphatic carbocycles. The number of H-pyrrole nitrogens is 1. The van der Waals surface area contributed by atoms with Crippen LogP contribution in [0.5, 0.6) is 0 Å².